The lowest BCUT2D eigenvalue weighted by Gasteiger charge is -2.32. The number of hydrogen-bond acceptors (Lipinski definition) is 4. The topological polar surface area (TPSA) is 95.0 Å². The quantitative estimate of drug-likeness (QED) is 0.833. The highest BCUT2D eigenvalue weighted by Crippen LogP contribution is 2.26. The summed E-state index contributed by atoms with van der Waals surface area (Å²) in [6.45, 7) is 2.47. The Morgan fingerprint density at radius 1 is 1.12 bits per heavy atom. The minimum absolute atomic E-state index is 0.0448. The highest BCUT2D eigenvalue weighted by atomic mass is 16.4. The molecule has 3 rings (SSSR count). The summed E-state index contributed by atoms with van der Waals surface area (Å²) in [7, 11) is 0. The second kappa shape index (κ2) is 6.66. The molecule has 1 N–H and O–H groups in total. The van der Waals surface area contributed by atoms with Gasteiger partial charge in [-0.3, -0.25) is 24.1 Å². The predicted octanol–water partition coefficient (Wildman–Crippen LogP) is 1.38. The van der Waals surface area contributed by atoms with E-state index in [1.165, 1.54) is 0 Å². The summed E-state index contributed by atoms with van der Waals surface area (Å²) < 4.78 is 0. The summed E-state index contributed by atoms with van der Waals surface area (Å²) in [5.74, 6) is -2.13. The van der Waals surface area contributed by atoms with Crippen LogP contribution in [-0.2, 0) is 9.59 Å². The first kappa shape index (κ1) is 17.1. The number of amides is 3. The van der Waals surface area contributed by atoms with Gasteiger partial charge in [0.2, 0.25) is 5.91 Å². The van der Waals surface area contributed by atoms with Crippen molar-refractivity contribution in [3.8, 4) is 0 Å². The molecule has 1 fully saturated rings. The average Bonchev–Trinajstić information content (AvgIpc) is 2.86. The SMILES string of the molecule is CC(CC(=O)N1CCC(C(=O)O)CC1)N1C(=O)c2ccccc2C1=O. The Labute approximate surface area is 145 Å². The van der Waals surface area contributed by atoms with Crippen LogP contribution < -0.4 is 0 Å². The highest BCUT2D eigenvalue weighted by molar-refractivity contribution is 6.21. The van der Waals surface area contributed by atoms with E-state index in [2.05, 4.69) is 0 Å². The number of carboxylic acids is 1. The lowest BCUT2D eigenvalue weighted by atomic mass is 9.96. The first-order valence-electron chi connectivity index (χ1n) is 8.37. The van der Waals surface area contributed by atoms with Crippen molar-refractivity contribution < 1.29 is 24.3 Å². The normalized spacial score (nSPS) is 19.1. The van der Waals surface area contributed by atoms with Crippen LogP contribution in [0.1, 0.15) is 46.9 Å². The van der Waals surface area contributed by atoms with Crippen LogP contribution in [0.25, 0.3) is 0 Å². The van der Waals surface area contributed by atoms with E-state index in [9.17, 15) is 19.2 Å². The summed E-state index contributed by atoms with van der Waals surface area (Å²) in [5, 5.41) is 9.01. The molecule has 1 unspecified atom stereocenters. The monoisotopic (exact) mass is 344 g/mol. The molecule has 7 heteroatoms. The zero-order valence-corrected chi connectivity index (χ0v) is 14.0. The molecule has 132 valence electrons. The highest BCUT2D eigenvalue weighted by Gasteiger charge is 2.39. The molecule has 2 heterocycles. The van der Waals surface area contributed by atoms with Crippen molar-refractivity contribution in [3.63, 3.8) is 0 Å². The number of carbonyl (C=O) groups excluding carboxylic acids is 3. The molecule has 1 aromatic rings. The summed E-state index contributed by atoms with van der Waals surface area (Å²) in [6, 6.07) is 6.09. The first-order chi connectivity index (χ1) is 11.9. The maximum absolute atomic E-state index is 12.5. The third-order valence-electron chi connectivity index (χ3n) is 4.93. The smallest absolute Gasteiger partial charge is 0.306 e. The Balaban J connectivity index is 1.62. The van der Waals surface area contributed by atoms with Crippen LogP contribution in [0.3, 0.4) is 0 Å². The number of hydrogen-bond donors (Lipinski definition) is 1. The fourth-order valence-corrected chi connectivity index (χ4v) is 3.46. The lowest BCUT2D eigenvalue weighted by molar-refractivity contribution is -0.145. The molecule has 7 nitrogen and oxygen atoms in total. The van der Waals surface area contributed by atoms with E-state index in [1.807, 2.05) is 0 Å². The molecular formula is C18H20N2O5. The fraction of sp³-hybridized carbons (Fsp3) is 0.444. The summed E-state index contributed by atoms with van der Waals surface area (Å²) in [4.78, 5) is 51.1. The van der Waals surface area contributed by atoms with E-state index in [0.29, 0.717) is 37.1 Å². The molecule has 0 radical (unpaired) electrons. The molecule has 25 heavy (non-hydrogen) atoms. The lowest BCUT2D eigenvalue weighted by Crippen LogP contribution is -2.45. The average molecular weight is 344 g/mol. The zero-order valence-electron chi connectivity index (χ0n) is 14.0. The van der Waals surface area contributed by atoms with Gasteiger partial charge in [-0.15, -0.1) is 0 Å². The Morgan fingerprint density at radius 2 is 1.64 bits per heavy atom. The largest absolute Gasteiger partial charge is 0.481 e. The van der Waals surface area contributed by atoms with Crippen LogP contribution in [-0.4, -0.2) is 57.7 Å². The van der Waals surface area contributed by atoms with Gasteiger partial charge < -0.3 is 10.0 Å². The van der Waals surface area contributed by atoms with Crippen LogP contribution in [0.15, 0.2) is 24.3 Å². The van der Waals surface area contributed by atoms with E-state index < -0.39 is 17.9 Å². The van der Waals surface area contributed by atoms with Crippen LogP contribution >= 0.6 is 0 Å². The molecule has 0 saturated carbocycles. The molecule has 0 aromatic heterocycles. The zero-order chi connectivity index (χ0) is 18.1. The number of imide groups is 1. The van der Waals surface area contributed by atoms with Gasteiger partial charge in [0, 0.05) is 25.6 Å². The van der Waals surface area contributed by atoms with E-state index in [0.717, 1.165) is 4.90 Å². The second-order valence-corrected chi connectivity index (χ2v) is 6.57. The fourth-order valence-electron chi connectivity index (χ4n) is 3.46. The molecular weight excluding hydrogens is 324 g/mol. The molecule has 2 aliphatic heterocycles. The van der Waals surface area contributed by atoms with Crippen LogP contribution in [0.2, 0.25) is 0 Å². The molecule has 1 aromatic carbocycles. The van der Waals surface area contributed by atoms with Crippen molar-refractivity contribution in [1.29, 1.82) is 0 Å². The molecule has 0 bridgehead atoms. The number of likely N-dealkylation sites (tertiary alicyclic amines) is 1. The van der Waals surface area contributed by atoms with E-state index in [-0.39, 0.29) is 24.1 Å². The Morgan fingerprint density at radius 3 is 2.12 bits per heavy atom. The van der Waals surface area contributed by atoms with E-state index in [4.69, 9.17) is 5.11 Å². The van der Waals surface area contributed by atoms with Gasteiger partial charge in [-0.2, -0.15) is 0 Å². The van der Waals surface area contributed by atoms with Gasteiger partial charge in [-0.25, -0.2) is 0 Å². The third kappa shape index (κ3) is 3.14. The van der Waals surface area contributed by atoms with Crippen LogP contribution in [0, 0.1) is 5.92 Å². The van der Waals surface area contributed by atoms with Crippen molar-refractivity contribution in [1.82, 2.24) is 9.80 Å². The number of nitrogens with zero attached hydrogens (tertiary/aromatic N) is 2. The van der Waals surface area contributed by atoms with E-state index in [1.54, 1.807) is 36.1 Å². The molecule has 0 aliphatic carbocycles. The van der Waals surface area contributed by atoms with Crippen molar-refractivity contribution >= 4 is 23.7 Å². The van der Waals surface area contributed by atoms with Gasteiger partial charge in [0.1, 0.15) is 0 Å². The number of rotatable bonds is 4. The number of carboxylic acid groups (broad SMARTS) is 1. The summed E-state index contributed by atoms with van der Waals surface area (Å²) in [6.07, 6.45) is 0.911. The second-order valence-electron chi connectivity index (χ2n) is 6.57. The third-order valence-corrected chi connectivity index (χ3v) is 4.93. The van der Waals surface area contributed by atoms with Gasteiger partial charge in [0.25, 0.3) is 11.8 Å². The van der Waals surface area contributed by atoms with Crippen molar-refractivity contribution in [3.05, 3.63) is 35.4 Å². The van der Waals surface area contributed by atoms with Crippen LogP contribution in [0.5, 0.6) is 0 Å². The molecule has 3 amide bonds. The molecule has 0 spiro atoms. The van der Waals surface area contributed by atoms with Crippen molar-refractivity contribution in [2.75, 3.05) is 13.1 Å². The molecule has 1 atom stereocenters. The van der Waals surface area contributed by atoms with Crippen LogP contribution in [0.4, 0.5) is 0 Å². The van der Waals surface area contributed by atoms with Gasteiger partial charge >= 0.3 is 5.97 Å². The van der Waals surface area contributed by atoms with Gasteiger partial charge in [0.15, 0.2) is 0 Å². The Bertz CT molecular complexity index is 702. The summed E-state index contributed by atoms with van der Waals surface area (Å²) in [5.41, 5.74) is 0.739. The molecule has 2 aliphatic rings. The van der Waals surface area contributed by atoms with Gasteiger partial charge in [0.05, 0.1) is 17.0 Å². The number of aliphatic carboxylic acids is 1. The van der Waals surface area contributed by atoms with Gasteiger partial charge in [-0.1, -0.05) is 12.1 Å². The first-order valence-corrected chi connectivity index (χ1v) is 8.37. The summed E-state index contributed by atoms with van der Waals surface area (Å²) >= 11 is 0. The minimum Gasteiger partial charge on any atom is -0.481 e. The minimum atomic E-state index is -0.827. The predicted molar refractivity (Wildman–Crippen MR) is 88.0 cm³/mol. The standard InChI is InChI=1S/C18H20N2O5/c1-11(10-15(21)19-8-6-12(7-9-19)18(24)25)20-16(22)13-4-2-3-5-14(13)17(20)23/h2-5,11-12H,6-10H2,1H3,(H,24,25). The number of benzene rings is 1. The number of piperidine rings is 1. The van der Waals surface area contributed by atoms with Crippen molar-refractivity contribution in [2.45, 2.75) is 32.2 Å². The number of fused-ring (bicyclic) bond motifs is 1. The maximum Gasteiger partial charge on any atom is 0.306 e. The number of carbonyl (C=O) groups is 4. The molecule has 1 saturated heterocycles. The van der Waals surface area contributed by atoms with Gasteiger partial charge in [-0.05, 0) is 31.9 Å². The Hall–Kier alpha value is -2.70. The van der Waals surface area contributed by atoms with E-state index >= 15 is 0 Å². The Kier molecular flexibility index (Phi) is 4.57. The van der Waals surface area contributed by atoms with Crippen molar-refractivity contribution in [2.24, 2.45) is 5.92 Å². The maximum atomic E-state index is 12.5.